The highest BCUT2D eigenvalue weighted by Gasteiger charge is 2.25. The summed E-state index contributed by atoms with van der Waals surface area (Å²) in [5.41, 5.74) is 5.33. The summed E-state index contributed by atoms with van der Waals surface area (Å²) in [6.45, 7) is 3.69. The number of ether oxygens (including phenoxy) is 2. The van der Waals surface area contributed by atoms with Gasteiger partial charge in [-0.3, -0.25) is 18.6 Å². The smallest absolute Gasteiger partial charge is 0.462 e. The van der Waals surface area contributed by atoms with Crippen molar-refractivity contribution in [2.24, 2.45) is 5.73 Å². The van der Waals surface area contributed by atoms with Gasteiger partial charge in [0.05, 0.1) is 13.2 Å². The maximum absolute atomic E-state index is 12.5. The lowest BCUT2D eigenvalue weighted by molar-refractivity contribution is -0.161. The van der Waals surface area contributed by atoms with E-state index >= 15 is 0 Å². The summed E-state index contributed by atoms with van der Waals surface area (Å²) in [4.78, 5) is 34.6. The second-order valence-electron chi connectivity index (χ2n) is 14.6. The Kier molecular flexibility index (Phi) is 38.5. The first-order valence-electron chi connectivity index (χ1n) is 21.7. The molecule has 0 bridgehead atoms. The lowest BCUT2D eigenvalue weighted by Gasteiger charge is -2.19. The molecule has 308 valence electrons. The van der Waals surface area contributed by atoms with Crippen molar-refractivity contribution in [3.05, 3.63) is 12.2 Å². The Balaban J connectivity index is 4.01. The zero-order valence-corrected chi connectivity index (χ0v) is 34.7. The largest absolute Gasteiger partial charge is 0.472 e. The zero-order chi connectivity index (χ0) is 38.2. The highest BCUT2D eigenvalue weighted by molar-refractivity contribution is 7.47. The van der Waals surface area contributed by atoms with Crippen molar-refractivity contribution in [3.63, 3.8) is 0 Å². The predicted octanol–water partition coefficient (Wildman–Crippen LogP) is 12.2. The fourth-order valence-electron chi connectivity index (χ4n) is 6.17. The van der Waals surface area contributed by atoms with E-state index in [1.54, 1.807) is 0 Å². The minimum atomic E-state index is -4.37. The molecule has 0 aromatic heterocycles. The molecule has 0 aromatic rings. The number of carbonyl (C=O) groups is 2. The van der Waals surface area contributed by atoms with Gasteiger partial charge in [0, 0.05) is 19.4 Å². The van der Waals surface area contributed by atoms with E-state index in [2.05, 4.69) is 26.0 Å². The first-order chi connectivity index (χ1) is 25.3. The van der Waals surface area contributed by atoms with Crippen molar-refractivity contribution in [3.8, 4) is 0 Å². The van der Waals surface area contributed by atoms with Gasteiger partial charge in [-0.2, -0.15) is 0 Å². The molecule has 52 heavy (non-hydrogen) atoms. The topological polar surface area (TPSA) is 134 Å². The predicted molar refractivity (Wildman–Crippen MR) is 215 cm³/mol. The Labute approximate surface area is 319 Å². The molecule has 0 radical (unpaired) electrons. The molecule has 3 N–H and O–H groups in total. The van der Waals surface area contributed by atoms with E-state index in [1.165, 1.54) is 148 Å². The number of rotatable bonds is 41. The van der Waals surface area contributed by atoms with Gasteiger partial charge in [-0.25, -0.2) is 4.57 Å². The Hall–Kier alpha value is -1.25. The van der Waals surface area contributed by atoms with Crippen molar-refractivity contribution in [2.45, 2.75) is 219 Å². The molecule has 2 atom stereocenters. The van der Waals surface area contributed by atoms with Crippen LogP contribution in [0.3, 0.4) is 0 Å². The summed E-state index contributed by atoms with van der Waals surface area (Å²) < 4.78 is 32.6. The number of hydrogen-bond acceptors (Lipinski definition) is 8. The highest BCUT2D eigenvalue weighted by atomic mass is 31.2. The molecule has 0 saturated heterocycles. The normalized spacial score (nSPS) is 13.4. The quantitative estimate of drug-likeness (QED) is 0.0270. The van der Waals surface area contributed by atoms with Gasteiger partial charge in [0.15, 0.2) is 6.10 Å². The van der Waals surface area contributed by atoms with Crippen LogP contribution in [0.1, 0.15) is 213 Å². The number of esters is 2. The molecule has 0 aromatic carbocycles. The Morgan fingerprint density at radius 3 is 1.42 bits per heavy atom. The van der Waals surface area contributed by atoms with Gasteiger partial charge < -0.3 is 20.1 Å². The summed E-state index contributed by atoms with van der Waals surface area (Å²) in [6.07, 6.45) is 39.9. The molecule has 0 aliphatic heterocycles. The number of allylic oxidation sites excluding steroid dienone is 2. The van der Waals surface area contributed by atoms with Crippen LogP contribution in [0, 0.1) is 0 Å². The lowest BCUT2D eigenvalue weighted by Crippen LogP contribution is -2.29. The zero-order valence-electron chi connectivity index (χ0n) is 33.8. The molecule has 0 rings (SSSR count). The second kappa shape index (κ2) is 39.4. The van der Waals surface area contributed by atoms with Gasteiger partial charge in [-0.15, -0.1) is 0 Å². The fraction of sp³-hybridized carbons (Fsp3) is 0.905. The monoisotopic (exact) mass is 760 g/mol. The van der Waals surface area contributed by atoms with Crippen molar-refractivity contribution < 1.29 is 37.6 Å². The second-order valence-corrected chi connectivity index (χ2v) is 16.0. The summed E-state index contributed by atoms with van der Waals surface area (Å²) in [5.74, 6) is -0.862. The molecule has 0 saturated carbocycles. The Morgan fingerprint density at radius 2 is 0.962 bits per heavy atom. The van der Waals surface area contributed by atoms with E-state index in [-0.39, 0.29) is 32.6 Å². The summed E-state index contributed by atoms with van der Waals surface area (Å²) in [7, 11) is -4.37. The Morgan fingerprint density at radius 1 is 0.558 bits per heavy atom. The molecule has 0 amide bonds. The number of hydrogen-bond donors (Lipinski definition) is 2. The molecule has 0 fully saturated rings. The van der Waals surface area contributed by atoms with E-state index in [1.807, 2.05) is 0 Å². The molecular weight excluding hydrogens is 677 g/mol. The van der Waals surface area contributed by atoms with Gasteiger partial charge in [-0.05, 0) is 32.1 Å². The highest BCUT2D eigenvalue weighted by Crippen LogP contribution is 2.43. The number of phosphoric ester groups is 1. The number of nitrogens with two attached hydrogens (primary N) is 1. The van der Waals surface area contributed by atoms with Gasteiger partial charge in [-0.1, -0.05) is 180 Å². The summed E-state index contributed by atoms with van der Waals surface area (Å²) in [6, 6.07) is 0. The molecule has 10 heteroatoms. The van der Waals surface area contributed by atoms with E-state index in [0.717, 1.165) is 32.1 Å². The molecule has 1 unspecified atom stereocenters. The minimum Gasteiger partial charge on any atom is -0.462 e. The van der Waals surface area contributed by atoms with E-state index in [4.69, 9.17) is 24.3 Å². The van der Waals surface area contributed by atoms with E-state index < -0.39 is 32.5 Å². The van der Waals surface area contributed by atoms with Crippen LogP contribution >= 0.6 is 7.82 Å². The van der Waals surface area contributed by atoms with Gasteiger partial charge in [0.2, 0.25) is 0 Å². The Bertz CT molecular complexity index is 871. The van der Waals surface area contributed by atoms with Crippen LogP contribution in [0.15, 0.2) is 12.2 Å². The SMILES string of the molecule is CCCCCCCCCCCCCCCCCCCC/C=C/CCCC(=O)O[C@H](COC(=O)CCCCCCCCCC)COP(=O)(O)OCCN. The molecular formula is C42H82NO8P. The average molecular weight is 760 g/mol. The molecule has 0 spiro atoms. The van der Waals surface area contributed by atoms with Crippen LogP contribution in [-0.2, 0) is 32.7 Å². The molecule has 0 aliphatic rings. The minimum absolute atomic E-state index is 0.0523. The van der Waals surface area contributed by atoms with Gasteiger partial charge >= 0.3 is 19.8 Å². The molecule has 0 aliphatic carbocycles. The first kappa shape index (κ1) is 50.8. The third-order valence-corrected chi connectivity index (χ3v) is 10.4. The molecule has 9 nitrogen and oxygen atoms in total. The third kappa shape index (κ3) is 38.5. The van der Waals surface area contributed by atoms with Crippen molar-refractivity contribution in [1.29, 1.82) is 0 Å². The van der Waals surface area contributed by atoms with Gasteiger partial charge in [0.25, 0.3) is 0 Å². The van der Waals surface area contributed by atoms with E-state index in [9.17, 15) is 19.0 Å². The summed E-state index contributed by atoms with van der Waals surface area (Å²) >= 11 is 0. The van der Waals surface area contributed by atoms with E-state index in [0.29, 0.717) is 6.42 Å². The maximum Gasteiger partial charge on any atom is 0.472 e. The van der Waals surface area contributed by atoms with Crippen LogP contribution in [0.25, 0.3) is 0 Å². The standard InChI is InChI=1S/C42H82NO8P/c1-3-5-7-9-11-13-14-15-16-17-18-19-20-21-22-23-24-25-26-27-29-31-33-35-42(45)51-40(39-50-52(46,47)49-37-36-43)38-48-41(44)34-32-30-28-12-10-8-6-4-2/h27,29,40H,3-26,28,30-39,43H2,1-2H3,(H,46,47)/b29-27+/t40-/m1/s1. The molecule has 0 heterocycles. The van der Waals surface area contributed by atoms with Crippen molar-refractivity contribution in [2.75, 3.05) is 26.4 Å². The lowest BCUT2D eigenvalue weighted by atomic mass is 10.0. The van der Waals surface area contributed by atoms with Gasteiger partial charge in [0.1, 0.15) is 6.61 Å². The van der Waals surface area contributed by atoms with Crippen molar-refractivity contribution >= 4 is 19.8 Å². The van der Waals surface area contributed by atoms with Crippen LogP contribution in [0.2, 0.25) is 0 Å². The average Bonchev–Trinajstić information content (AvgIpc) is 3.13. The van der Waals surface area contributed by atoms with Crippen LogP contribution < -0.4 is 5.73 Å². The number of phosphoric acid groups is 1. The van der Waals surface area contributed by atoms with Crippen LogP contribution in [0.4, 0.5) is 0 Å². The van der Waals surface area contributed by atoms with Crippen molar-refractivity contribution in [1.82, 2.24) is 0 Å². The van der Waals surface area contributed by atoms with Crippen LogP contribution in [0.5, 0.6) is 0 Å². The number of carbonyl (C=O) groups excluding carboxylic acids is 2. The van der Waals surface area contributed by atoms with Crippen LogP contribution in [-0.4, -0.2) is 49.3 Å². The summed E-state index contributed by atoms with van der Waals surface area (Å²) in [5, 5.41) is 0. The first-order valence-corrected chi connectivity index (χ1v) is 23.2. The fourth-order valence-corrected chi connectivity index (χ4v) is 6.93. The maximum atomic E-state index is 12.5. The number of unbranched alkanes of at least 4 members (excludes halogenated alkanes) is 26. The third-order valence-electron chi connectivity index (χ3n) is 9.40.